The van der Waals surface area contributed by atoms with E-state index in [1.807, 2.05) is 6.92 Å². The first-order valence-corrected chi connectivity index (χ1v) is 5.50. The summed E-state index contributed by atoms with van der Waals surface area (Å²) >= 11 is 5.81. The molecule has 0 spiro atoms. The van der Waals surface area contributed by atoms with Gasteiger partial charge >= 0.3 is 0 Å². The number of ether oxygens (including phenoxy) is 1. The molecular formula is C12H14ClN2O2-. The molecule has 0 radical (unpaired) electrons. The third kappa shape index (κ3) is 4.87. The van der Waals surface area contributed by atoms with Crippen molar-refractivity contribution in [3.05, 3.63) is 28.8 Å². The third-order valence-electron chi connectivity index (χ3n) is 1.85. The van der Waals surface area contributed by atoms with Crippen molar-refractivity contribution < 1.29 is 9.84 Å². The van der Waals surface area contributed by atoms with Crippen LogP contribution in [0, 0.1) is 6.92 Å². The van der Waals surface area contributed by atoms with Crippen molar-refractivity contribution in [1.82, 2.24) is 0 Å². The van der Waals surface area contributed by atoms with Crippen LogP contribution in [0.25, 0.3) is 0 Å². The lowest BCUT2D eigenvalue weighted by Gasteiger charge is -2.12. The molecule has 0 aliphatic carbocycles. The van der Waals surface area contributed by atoms with Crippen molar-refractivity contribution in [2.45, 2.75) is 20.8 Å². The fourth-order valence-corrected chi connectivity index (χ4v) is 1.33. The number of hydrogen-bond acceptors (Lipinski definition) is 4. The molecule has 4 nitrogen and oxygen atoms in total. The molecule has 0 amide bonds. The molecule has 0 N–H and O–H groups in total. The van der Waals surface area contributed by atoms with Crippen molar-refractivity contribution in [3.63, 3.8) is 0 Å². The van der Waals surface area contributed by atoms with E-state index in [0.29, 0.717) is 10.8 Å². The van der Waals surface area contributed by atoms with Crippen LogP contribution in [0.5, 0.6) is 5.75 Å². The first-order chi connectivity index (χ1) is 7.99. The van der Waals surface area contributed by atoms with Gasteiger partial charge in [-0.25, -0.2) is 0 Å². The highest BCUT2D eigenvalue weighted by Gasteiger charge is 1.99. The highest BCUT2D eigenvalue weighted by atomic mass is 35.5. The zero-order valence-corrected chi connectivity index (χ0v) is 10.8. The van der Waals surface area contributed by atoms with Crippen LogP contribution in [-0.2, 0) is 0 Å². The summed E-state index contributed by atoms with van der Waals surface area (Å²) in [5.74, 6) is 0.204. The second-order valence-electron chi connectivity index (χ2n) is 3.74. The quantitative estimate of drug-likeness (QED) is 0.469. The monoisotopic (exact) mass is 253 g/mol. The predicted molar refractivity (Wildman–Crippen MR) is 67.9 cm³/mol. The van der Waals surface area contributed by atoms with Gasteiger partial charge in [-0.05, 0) is 44.5 Å². The van der Waals surface area contributed by atoms with E-state index in [1.165, 1.54) is 0 Å². The standard InChI is InChI=1S/C12H15ClN2O2/c1-8(2)14-15-12(16)7-17-11-5-4-10(13)6-9(11)3/h4-6H,7H2,1-3H3,(H,15,16)/p-1. The average molecular weight is 254 g/mol. The van der Waals surface area contributed by atoms with E-state index >= 15 is 0 Å². The van der Waals surface area contributed by atoms with E-state index in [4.69, 9.17) is 16.3 Å². The summed E-state index contributed by atoms with van der Waals surface area (Å²) < 4.78 is 5.31. The first kappa shape index (κ1) is 13.5. The number of rotatable bonds is 4. The van der Waals surface area contributed by atoms with Gasteiger partial charge in [0.2, 0.25) is 0 Å². The molecule has 0 fully saturated rings. The third-order valence-corrected chi connectivity index (χ3v) is 2.08. The van der Waals surface area contributed by atoms with Gasteiger partial charge in [0, 0.05) is 16.6 Å². The zero-order valence-electron chi connectivity index (χ0n) is 10.0. The molecule has 0 aliphatic rings. The van der Waals surface area contributed by atoms with E-state index < -0.39 is 5.90 Å². The number of halogens is 1. The second kappa shape index (κ2) is 6.25. The van der Waals surface area contributed by atoms with E-state index in [1.54, 1.807) is 32.0 Å². The summed E-state index contributed by atoms with van der Waals surface area (Å²) in [6, 6.07) is 5.20. The molecule has 0 aliphatic heterocycles. The molecular weight excluding hydrogens is 240 g/mol. The summed E-state index contributed by atoms with van der Waals surface area (Å²) in [4.78, 5) is 0. The molecule has 5 heteroatoms. The average Bonchev–Trinajstić information content (AvgIpc) is 2.25. The highest BCUT2D eigenvalue weighted by Crippen LogP contribution is 2.21. The molecule has 0 unspecified atom stereocenters. The largest absolute Gasteiger partial charge is 0.858 e. The Labute approximate surface area is 106 Å². The fourth-order valence-electron chi connectivity index (χ4n) is 1.10. The molecule has 17 heavy (non-hydrogen) atoms. The van der Waals surface area contributed by atoms with E-state index in [9.17, 15) is 5.11 Å². The van der Waals surface area contributed by atoms with Gasteiger partial charge in [-0.15, -0.1) is 0 Å². The van der Waals surface area contributed by atoms with Crippen LogP contribution >= 0.6 is 11.6 Å². The molecule has 0 heterocycles. The maximum atomic E-state index is 11.3. The second-order valence-corrected chi connectivity index (χ2v) is 4.18. The molecule has 0 atom stereocenters. The zero-order chi connectivity index (χ0) is 12.8. The normalized spacial score (nSPS) is 11.2. The molecule has 0 bridgehead atoms. The van der Waals surface area contributed by atoms with Crippen LogP contribution in [0.3, 0.4) is 0 Å². The number of nitrogens with zero attached hydrogens (tertiary/aromatic N) is 2. The predicted octanol–water partition coefficient (Wildman–Crippen LogP) is 2.18. The Kier molecular flexibility index (Phi) is 4.97. The minimum Gasteiger partial charge on any atom is -0.858 e. The maximum absolute atomic E-state index is 11.3. The number of hydrogen-bond donors (Lipinski definition) is 0. The molecule has 1 aromatic carbocycles. The van der Waals surface area contributed by atoms with Crippen LogP contribution in [-0.4, -0.2) is 18.2 Å². The van der Waals surface area contributed by atoms with Crippen molar-refractivity contribution in [3.8, 4) is 5.75 Å². The Hall–Kier alpha value is -1.55. The fraction of sp³-hybridized carbons (Fsp3) is 0.333. The summed E-state index contributed by atoms with van der Waals surface area (Å²) in [5, 5.41) is 19.1. The summed E-state index contributed by atoms with van der Waals surface area (Å²) in [5.41, 5.74) is 1.60. The maximum Gasteiger partial charge on any atom is 0.122 e. The van der Waals surface area contributed by atoms with Crippen LogP contribution in [0.15, 0.2) is 28.4 Å². The lowest BCUT2D eigenvalue weighted by molar-refractivity contribution is -0.221. The topological polar surface area (TPSA) is 57.0 Å². The lowest BCUT2D eigenvalue weighted by Crippen LogP contribution is -2.25. The molecule has 92 valence electrons. The van der Waals surface area contributed by atoms with E-state index in [0.717, 1.165) is 11.3 Å². The van der Waals surface area contributed by atoms with Crippen molar-refractivity contribution in [1.29, 1.82) is 0 Å². The Morgan fingerprint density at radius 2 is 2.06 bits per heavy atom. The highest BCUT2D eigenvalue weighted by molar-refractivity contribution is 6.30. The van der Waals surface area contributed by atoms with Gasteiger partial charge in [0.1, 0.15) is 12.4 Å². The van der Waals surface area contributed by atoms with Crippen LogP contribution < -0.4 is 9.84 Å². The van der Waals surface area contributed by atoms with Crippen molar-refractivity contribution >= 4 is 23.2 Å². The van der Waals surface area contributed by atoms with Gasteiger partial charge in [-0.2, -0.15) is 10.2 Å². The Bertz CT molecular complexity index is 452. The summed E-state index contributed by atoms with van der Waals surface area (Å²) in [7, 11) is 0. The molecule has 0 saturated heterocycles. The number of aryl methyl sites for hydroxylation is 1. The lowest BCUT2D eigenvalue weighted by atomic mass is 10.2. The molecule has 0 aromatic heterocycles. The SMILES string of the molecule is CC(C)=NN=C([O-])COc1ccc(Cl)cc1C. The minimum absolute atomic E-state index is 0.126. The van der Waals surface area contributed by atoms with Crippen molar-refractivity contribution in [2.24, 2.45) is 10.2 Å². The Morgan fingerprint density at radius 1 is 1.35 bits per heavy atom. The smallest absolute Gasteiger partial charge is 0.122 e. The van der Waals surface area contributed by atoms with E-state index in [-0.39, 0.29) is 6.61 Å². The van der Waals surface area contributed by atoms with Crippen LogP contribution in [0.4, 0.5) is 0 Å². The Morgan fingerprint density at radius 3 is 2.65 bits per heavy atom. The van der Waals surface area contributed by atoms with Crippen LogP contribution in [0.1, 0.15) is 19.4 Å². The van der Waals surface area contributed by atoms with Gasteiger partial charge in [0.15, 0.2) is 0 Å². The van der Waals surface area contributed by atoms with Crippen molar-refractivity contribution in [2.75, 3.05) is 6.61 Å². The Balaban J connectivity index is 2.62. The van der Waals surface area contributed by atoms with Gasteiger partial charge in [-0.3, -0.25) is 0 Å². The minimum atomic E-state index is -0.416. The molecule has 1 aromatic rings. The summed E-state index contributed by atoms with van der Waals surface area (Å²) in [6.45, 7) is 5.26. The van der Waals surface area contributed by atoms with Gasteiger partial charge in [0.05, 0.1) is 0 Å². The van der Waals surface area contributed by atoms with Gasteiger partial charge in [0.25, 0.3) is 0 Å². The molecule has 0 saturated carbocycles. The van der Waals surface area contributed by atoms with Gasteiger partial charge < -0.3 is 9.84 Å². The van der Waals surface area contributed by atoms with Crippen LogP contribution in [0.2, 0.25) is 5.02 Å². The van der Waals surface area contributed by atoms with E-state index in [2.05, 4.69) is 10.2 Å². The van der Waals surface area contributed by atoms with Gasteiger partial charge in [-0.1, -0.05) is 11.6 Å². The first-order valence-electron chi connectivity index (χ1n) is 5.12. The summed E-state index contributed by atoms with van der Waals surface area (Å²) in [6.07, 6.45) is 0. The number of benzene rings is 1. The molecule has 1 rings (SSSR count).